The molecule has 2 atom stereocenters. The number of nitrogens with one attached hydrogen (secondary N) is 2. The molecule has 2 aromatic heterocycles. The van der Waals surface area contributed by atoms with E-state index in [4.69, 9.17) is 22.3 Å². The normalized spacial score (nSPS) is 24.5. The lowest BCUT2D eigenvalue weighted by molar-refractivity contribution is -0.122. The van der Waals surface area contributed by atoms with Gasteiger partial charge in [0, 0.05) is 24.1 Å². The molecule has 0 bridgehead atoms. The van der Waals surface area contributed by atoms with Crippen molar-refractivity contribution in [3.8, 4) is 0 Å². The van der Waals surface area contributed by atoms with Crippen LogP contribution in [0.3, 0.4) is 0 Å². The Morgan fingerprint density at radius 2 is 1.86 bits per heavy atom. The summed E-state index contributed by atoms with van der Waals surface area (Å²) in [6.07, 6.45) is 8.06. The van der Waals surface area contributed by atoms with Gasteiger partial charge in [0.05, 0.1) is 23.0 Å². The number of nitrogens with zero attached hydrogens (tertiary/aromatic N) is 4. The highest BCUT2D eigenvalue weighted by Crippen LogP contribution is 2.38. The molecule has 1 amide bonds. The molecule has 12 heteroatoms. The monoisotopic (exact) mass is 533 g/mol. The summed E-state index contributed by atoms with van der Waals surface area (Å²) < 4.78 is 30.1. The summed E-state index contributed by atoms with van der Waals surface area (Å²) in [5, 5.41) is 16.4. The maximum absolute atomic E-state index is 14.6. The van der Waals surface area contributed by atoms with Crippen LogP contribution in [-0.2, 0) is 4.79 Å². The molecule has 0 radical (unpaired) electrons. The zero-order valence-corrected chi connectivity index (χ0v) is 21.0. The number of primary amides is 1. The fraction of sp³-hybridized carbons (Fsp3) is 0.520. The van der Waals surface area contributed by atoms with Crippen LogP contribution in [0.25, 0.3) is 11.2 Å². The van der Waals surface area contributed by atoms with Crippen molar-refractivity contribution in [1.82, 2.24) is 19.5 Å². The van der Waals surface area contributed by atoms with E-state index in [1.807, 2.05) is 4.57 Å². The predicted molar refractivity (Wildman–Crippen MR) is 137 cm³/mol. The number of aromatic nitrogens is 4. The number of carbonyl (C=O) groups is 1. The molecule has 9 nitrogen and oxygen atoms in total. The number of hydrogen-bond donors (Lipinski definition) is 4. The number of nitrogens with two attached hydrogens (primary N) is 1. The third-order valence-corrected chi connectivity index (χ3v) is 7.67. The second-order valence-electron chi connectivity index (χ2n) is 10.0. The highest BCUT2D eigenvalue weighted by Gasteiger charge is 2.30. The Kier molecular flexibility index (Phi) is 7.43. The van der Waals surface area contributed by atoms with Crippen molar-refractivity contribution in [3.05, 3.63) is 35.0 Å². The van der Waals surface area contributed by atoms with Gasteiger partial charge in [0.1, 0.15) is 11.3 Å². The molecule has 3 aromatic rings. The van der Waals surface area contributed by atoms with Crippen molar-refractivity contribution in [2.24, 2.45) is 11.7 Å². The highest BCUT2D eigenvalue weighted by molar-refractivity contribution is 6.33. The number of rotatable bonds is 6. The van der Waals surface area contributed by atoms with E-state index in [0.29, 0.717) is 55.2 Å². The highest BCUT2D eigenvalue weighted by atomic mass is 35.5. The van der Waals surface area contributed by atoms with Crippen molar-refractivity contribution in [2.45, 2.75) is 76.0 Å². The number of fused-ring (bicyclic) bond motifs is 1. The molecule has 0 spiro atoms. The molecule has 5 N–H and O–H groups in total. The van der Waals surface area contributed by atoms with Crippen molar-refractivity contribution < 1.29 is 18.7 Å². The van der Waals surface area contributed by atoms with E-state index in [2.05, 4.69) is 20.6 Å². The number of carbonyl (C=O) groups excluding carboxylic acids is 1. The fourth-order valence-corrected chi connectivity index (χ4v) is 5.68. The second-order valence-corrected chi connectivity index (χ2v) is 10.4. The molecule has 5 rings (SSSR count). The van der Waals surface area contributed by atoms with Crippen molar-refractivity contribution in [1.29, 1.82) is 0 Å². The first-order valence-electron chi connectivity index (χ1n) is 12.7. The van der Waals surface area contributed by atoms with Gasteiger partial charge < -0.3 is 21.5 Å². The number of imidazole rings is 1. The van der Waals surface area contributed by atoms with Crippen molar-refractivity contribution in [3.63, 3.8) is 0 Å². The van der Waals surface area contributed by atoms with Crippen molar-refractivity contribution >= 4 is 46.3 Å². The molecule has 2 heterocycles. The summed E-state index contributed by atoms with van der Waals surface area (Å²) in [6.45, 7) is 0. The van der Waals surface area contributed by atoms with Crippen LogP contribution in [0.1, 0.15) is 63.8 Å². The van der Waals surface area contributed by atoms with Crippen molar-refractivity contribution in [2.75, 3.05) is 10.6 Å². The molecule has 198 valence electrons. The van der Waals surface area contributed by atoms with Crippen LogP contribution in [0, 0.1) is 17.6 Å². The minimum absolute atomic E-state index is 0.0436. The molecular weight excluding hydrogens is 504 g/mol. The van der Waals surface area contributed by atoms with Crippen LogP contribution < -0.4 is 16.4 Å². The number of benzene rings is 1. The van der Waals surface area contributed by atoms with Gasteiger partial charge in [-0.25, -0.2) is 18.7 Å². The standard InChI is InChI=1S/C25H30ClF2N7O2/c26-18-9-14(27)10-19(28)21(18)33-25-32-20-12-30-24(31-15-3-1-2-4-17(36)11-15)34-23(20)35(25)16-7-5-13(6-8-16)22(29)37/h9-10,12-13,15-17,36H,1-8,11H2,(H2,29,37)(H,32,33)(H,30,31,34)/t13-,15-,16+,17+/m1/s1. The summed E-state index contributed by atoms with van der Waals surface area (Å²) >= 11 is 6.14. The molecule has 0 aliphatic heterocycles. The van der Waals surface area contributed by atoms with Gasteiger partial charge in [0.15, 0.2) is 11.5 Å². The largest absolute Gasteiger partial charge is 0.393 e. The van der Waals surface area contributed by atoms with Gasteiger partial charge in [0.25, 0.3) is 0 Å². The van der Waals surface area contributed by atoms with Gasteiger partial charge in [-0.05, 0) is 51.0 Å². The lowest BCUT2D eigenvalue weighted by atomic mass is 9.85. The first-order chi connectivity index (χ1) is 17.8. The first kappa shape index (κ1) is 25.6. The average molecular weight is 534 g/mol. The molecule has 2 saturated carbocycles. The first-order valence-corrected chi connectivity index (χ1v) is 13.1. The predicted octanol–water partition coefficient (Wildman–Crippen LogP) is 4.82. The summed E-state index contributed by atoms with van der Waals surface area (Å²) in [6, 6.07) is 1.73. The number of amides is 1. The molecule has 0 saturated heterocycles. The molecule has 0 unspecified atom stereocenters. The third-order valence-electron chi connectivity index (χ3n) is 7.37. The number of aliphatic hydroxyl groups is 1. The van der Waals surface area contributed by atoms with E-state index in [9.17, 15) is 18.7 Å². The Hall–Kier alpha value is -3.05. The maximum Gasteiger partial charge on any atom is 0.224 e. The Balaban J connectivity index is 1.51. The van der Waals surface area contributed by atoms with Gasteiger partial charge >= 0.3 is 0 Å². The summed E-state index contributed by atoms with van der Waals surface area (Å²) in [5.74, 6) is -1.43. The Morgan fingerprint density at radius 3 is 2.59 bits per heavy atom. The molecule has 2 aliphatic rings. The number of hydrogen-bond acceptors (Lipinski definition) is 7. The minimum atomic E-state index is -0.846. The van der Waals surface area contributed by atoms with Crippen LogP contribution in [-0.4, -0.2) is 42.7 Å². The third kappa shape index (κ3) is 5.62. The quantitative estimate of drug-likeness (QED) is 0.334. The van der Waals surface area contributed by atoms with Crippen LogP contribution >= 0.6 is 11.6 Å². The van der Waals surface area contributed by atoms with Gasteiger partial charge in [-0.1, -0.05) is 24.4 Å². The molecular formula is C25H30ClF2N7O2. The fourth-order valence-electron chi connectivity index (χ4n) is 5.43. The lowest BCUT2D eigenvalue weighted by Gasteiger charge is -2.29. The Labute approximate surface area is 217 Å². The topological polar surface area (TPSA) is 131 Å². The molecule has 1 aromatic carbocycles. The SMILES string of the molecule is NC(=O)[C@H]1CC[C@@H](n2c(Nc3c(F)cc(F)cc3Cl)nc3cnc(N[C@@H]4CCCC[C@H](O)C4)nc32)CC1. The van der Waals surface area contributed by atoms with Gasteiger partial charge in [-0.3, -0.25) is 9.36 Å². The van der Waals surface area contributed by atoms with E-state index >= 15 is 0 Å². The smallest absolute Gasteiger partial charge is 0.224 e. The Bertz CT molecular complexity index is 1270. The Morgan fingerprint density at radius 1 is 1.11 bits per heavy atom. The van der Waals surface area contributed by atoms with E-state index < -0.39 is 11.6 Å². The maximum atomic E-state index is 14.6. The average Bonchev–Trinajstić information content (AvgIpc) is 3.07. The van der Waals surface area contributed by atoms with Crippen LogP contribution in [0.5, 0.6) is 0 Å². The van der Waals surface area contributed by atoms with Gasteiger partial charge in [0.2, 0.25) is 17.8 Å². The second kappa shape index (κ2) is 10.7. The van der Waals surface area contributed by atoms with Gasteiger partial charge in [-0.15, -0.1) is 0 Å². The van der Waals surface area contributed by atoms with E-state index in [1.165, 1.54) is 0 Å². The molecule has 2 fully saturated rings. The molecule has 2 aliphatic carbocycles. The summed E-state index contributed by atoms with van der Waals surface area (Å²) in [5.41, 5.74) is 6.46. The lowest BCUT2D eigenvalue weighted by Crippen LogP contribution is -2.29. The summed E-state index contributed by atoms with van der Waals surface area (Å²) in [4.78, 5) is 25.5. The number of aliphatic hydroxyl groups excluding tert-OH is 1. The van der Waals surface area contributed by atoms with Crippen LogP contribution in [0.4, 0.5) is 26.4 Å². The van der Waals surface area contributed by atoms with E-state index in [1.54, 1.807) is 6.20 Å². The van der Waals surface area contributed by atoms with E-state index in [0.717, 1.165) is 37.8 Å². The van der Waals surface area contributed by atoms with Gasteiger partial charge in [-0.2, -0.15) is 4.98 Å². The minimum Gasteiger partial charge on any atom is -0.393 e. The zero-order chi connectivity index (χ0) is 26.1. The van der Waals surface area contributed by atoms with Crippen LogP contribution in [0.15, 0.2) is 18.3 Å². The number of halogens is 3. The number of anilines is 3. The van der Waals surface area contributed by atoms with E-state index in [-0.39, 0.29) is 40.7 Å². The van der Waals surface area contributed by atoms with Crippen LogP contribution in [0.2, 0.25) is 5.02 Å². The molecule has 37 heavy (non-hydrogen) atoms. The summed E-state index contributed by atoms with van der Waals surface area (Å²) in [7, 11) is 0. The zero-order valence-electron chi connectivity index (χ0n) is 20.3.